The van der Waals surface area contributed by atoms with Crippen LogP contribution in [-0.4, -0.2) is 36.1 Å². The Bertz CT molecular complexity index is 881. The average Bonchev–Trinajstić information content (AvgIpc) is 3.21. The number of carboxylic acid groups (broad SMARTS) is 1. The first-order valence-corrected chi connectivity index (χ1v) is 11.7. The number of hydrogen-bond donors (Lipinski definition) is 1. The Morgan fingerprint density at radius 1 is 1.03 bits per heavy atom. The van der Waals surface area contributed by atoms with Crippen LogP contribution < -0.4 is 10.2 Å². The Balaban J connectivity index is 1.73. The molecule has 159 valence electrons. The fraction of sp³-hybridized carbons (Fsp3) is 0.500. The molecule has 1 aromatic carbocycles. The van der Waals surface area contributed by atoms with E-state index in [1.165, 1.54) is 11.3 Å². The van der Waals surface area contributed by atoms with Gasteiger partial charge < -0.3 is 10.0 Å². The summed E-state index contributed by atoms with van der Waals surface area (Å²) < 4.78 is 0. The van der Waals surface area contributed by atoms with Gasteiger partial charge in [0.05, 0.1) is 5.69 Å². The molecule has 2 aromatic rings. The topological polar surface area (TPSA) is 71.7 Å². The normalized spacial score (nSPS) is 22.6. The Morgan fingerprint density at radius 2 is 1.70 bits per heavy atom. The predicted octanol–water partition coefficient (Wildman–Crippen LogP) is 5.04. The largest absolute Gasteiger partial charge is 0.477 e. The van der Waals surface area contributed by atoms with Gasteiger partial charge in [-0.1, -0.05) is 37.3 Å². The molecule has 1 amide bonds. The Kier molecular flexibility index (Phi) is 6.54. The van der Waals surface area contributed by atoms with Crippen LogP contribution >= 0.6 is 11.3 Å². The van der Waals surface area contributed by atoms with Crippen molar-refractivity contribution in [3.63, 3.8) is 0 Å². The summed E-state index contributed by atoms with van der Waals surface area (Å²) in [6.45, 7) is 3.71. The number of thiophene rings is 1. The average molecular weight is 426 g/mol. The number of benzene rings is 1. The van der Waals surface area contributed by atoms with Crippen LogP contribution in [0.1, 0.15) is 55.1 Å². The second-order valence-electron chi connectivity index (χ2n) is 8.56. The molecule has 2 fully saturated rings. The molecule has 1 saturated heterocycles. The van der Waals surface area contributed by atoms with Gasteiger partial charge >= 0.3 is 5.97 Å². The van der Waals surface area contributed by atoms with Gasteiger partial charge in [0.2, 0.25) is 5.91 Å². The minimum Gasteiger partial charge on any atom is -0.477 e. The van der Waals surface area contributed by atoms with Crippen molar-refractivity contribution in [2.45, 2.75) is 51.5 Å². The summed E-state index contributed by atoms with van der Waals surface area (Å²) in [4.78, 5) is 28.9. The van der Waals surface area contributed by atoms with E-state index in [9.17, 15) is 14.7 Å². The van der Waals surface area contributed by atoms with E-state index in [0.717, 1.165) is 62.1 Å². The van der Waals surface area contributed by atoms with Crippen LogP contribution in [0.4, 0.5) is 5.69 Å². The molecule has 0 spiro atoms. The Morgan fingerprint density at radius 3 is 2.33 bits per heavy atom. The molecular formula is C24H29N2O3S. The monoisotopic (exact) mass is 425 g/mol. The highest BCUT2D eigenvalue weighted by Gasteiger charge is 2.36. The first-order chi connectivity index (χ1) is 14.5. The number of carbonyl (C=O) groups excluding carboxylic acids is 1. The molecule has 1 radical (unpaired) electrons. The van der Waals surface area contributed by atoms with E-state index in [-0.39, 0.29) is 22.7 Å². The molecule has 1 saturated carbocycles. The first-order valence-electron chi connectivity index (χ1n) is 10.9. The fourth-order valence-corrected chi connectivity index (χ4v) is 5.65. The lowest BCUT2D eigenvalue weighted by Crippen LogP contribution is -2.48. The standard InChI is InChI=1S/C24H29N2O3S/c1-16-7-9-18(10-8-16)23(27)26(19-11-13-25-14-12-19)20-15-21(30-22(20)24(28)29)17-5-3-2-4-6-17/h2-6,15-16,18-19H,7-14H2,1H3,(H,28,29). The molecule has 6 heteroatoms. The summed E-state index contributed by atoms with van der Waals surface area (Å²) in [5.41, 5.74) is 1.55. The lowest BCUT2D eigenvalue weighted by atomic mass is 9.82. The molecule has 2 aliphatic rings. The molecule has 2 heterocycles. The zero-order chi connectivity index (χ0) is 21.1. The van der Waals surface area contributed by atoms with Gasteiger partial charge in [0.15, 0.2) is 0 Å². The maximum Gasteiger partial charge on any atom is 0.348 e. The van der Waals surface area contributed by atoms with Gasteiger partial charge in [0.1, 0.15) is 4.88 Å². The van der Waals surface area contributed by atoms with Gasteiger partial charge in [0.25, 0.3) is 0 Å². The van der Waals surface area contributed by atoms with Gasteiger partial charge in [0, 0.05) is 29.9 Å². The van der Waals surface area contributed by atoms with E-state index < -0.39 is 5.97 Å². The summed E-state index contributed by atoms with van der Waals surface area (Å²) in [6, 6.07) is 11.7. The Labute approximate surface area is 182 Å². The molecule has 5 nitrogen and oxygen atoms in total. The second-order valence-corrected chi connectivity index (χ2v) is 9.62. The smallest absolute Gasteiger partial charge is 0.348 e. The molecule has 0 unspecified atom stereocenters. The van der Waals surface area contributed by atoms with Crippen LogP contribution in [0, 0.1) is 11.8 Å². The van der Waals surface area contributed by atoms with E-state index in [2.05, 4.69) is 12.2 Å². The second kappa shape index (κ2) is 9.31. The van der Waals surface area contributed by atoms with Crippen molar-refractivity contribution in [3.8, 4) is 10.4 Å². The molecule has 0 atom stereocenters. The van der Waals surface area contributed by atoms with Crippen LogP contribution in [0.15, 0.2) is 36.4 Å². The number of anilines is 1. The van der Waals surface area contributed by atoms with Crippen LogP contribution in [-0.2, 0) is 4.79 Å². The van der Waals surface area contributed by atoms with Gasteiger partial charge in [-0.25, -0.2) is 10.1 Å². The third-order valence-corrected chi connectivity index (χ3v) is 7.59. The van der Waals surface area contributed by atoms with Crippen molar-refractivity contribution in [1.82, 2.24) is 5.32 Å². The van der Waals surface area contributed by atoms with E-state index in [4.69, 9.17) is 0 Å². The molecule has 0 bridgehead atoms. The van der Waals surface area contributed by atoms with Crippen LogP contribution in [0.25, 0.3) is 10.4 Å². The number of hydrogen-bond acceptors (Lipinski definition) is 3. The van der Waals surface area contributed by atoms with Crippen molar-refractivity contribution in [2.24, 2.45) is 11.8 Å². The van der Waals surface area contributed by atoms with Gasteiger partial charge in [-0.2, -0.15) is 0 Å². The summed E-state index contributed by atoms with van der Waals surface area (Å²) in [6.07, 6.45) is 5.51. The molecular weight excluding hydrogens is 396 g/mol. The first kappa shape index (κ1) is 21.1. The van der Waals surface area contributed by atoms with E-state index in [0.29, 0.717) is 11.6 Å². The molecule has 1 N–H and O–H groups in total. The van der Waals surface area contributed by atoms with E-state index in [1.807, 2.05) is 41.3 Å². The highest BCUT2D eigenvalue weighted by atomic mass is 32.1. The number of amides is 1. The van der Waals surface area contributed by atoms with Crippen molar-refractivity contribution < 1.29 is 14.7 Å². The minimum absolute atomic E-state index is 0.0122. The number of nitrogens with zero attached hydrogens (tertiary/aromatic N) is 2. The van der Waals surface area contributed by atoms with E-state index in [1.54, 1.807) is 0 Å². The molecule has 4 rings (SSSR count). The number of carbonyl (C=O) groups is 2. The zero-order valence-corrected chi connectivity index (χ0v) is 18.2. The maximum atomic E-state index is 13.7. The van der Waals surface area contributed by atoms with Crippen molar-refractivity contribution >= 4 is 28.9 Å². The van der Waals surface area contributed by atoms with Crippen molar-refractivity contribution in [2.75, 3.05) is 18.0 Å². The number of rotatable bonds is 5. The molecule has 30 heavy (non-hydrogen) atoms. The zero-order valence-electron chi connectivity index (χ0n) is 17.4. The summed E-state index contributed by atoms with van der Waals surface area (Å²) in [7, 11) is 0. The number of piperidine rings is 1. The lowest BCUT2D eigenvalue weighted by molar-refractivity contribution is -0.124. The summed E-state index contributed by atoms with van der Waals surface area (Å²) in [5.74, 6) is -0.209. The lowest BCUT2D eigenvalue weighted by Gasteiger charge is -2.37. The van der Waals surface area contributed by atoms with Crippen LogP contribution in [0.3, 0.4) is 0 Å². The molecule has 1 aliphatic carbocycles. The van der Waals surface area contributed by atoms with Gasteiger partial charge in [-0.3, -0.25) is 4.79 Å². The highest BCUT2D eigenvalue weighted by Crippen LogP contribution is 2.40. The van der Waals surface area contributed by atoms with Crippen LogP contribution in [0.5, 0.6) is 0 Å². The summed E-state index contributed by atoms with van der Waals surface area (Å²) in [5, 5.41) is 14.4. The van der Waals surface area contributed by atoms with Crippen molar-refractivity contribution in [1.29, 1.82) is 0 Å². The Hall–Kier alpha value is -2.18. The highest BCUT2D eigenvalue weighted by molar-refractivity contribution is 7.18. The number of aromatic carboxylic acids is 1. The summed E-state index contributed by atoms with van der Waals surface area (Å²) >= 11 is 1.26. The minimum atomic E-state index is -0.965. The van der Waals surface area contributed by atoms with Gasteiger partial charge in [-0.15, -0.1) is 11.3 Å². The molecule has 1 aliphatic heterocycles. The van der Waals surface area contributed by atoms with Crippen molar-refractivity contribution in [3.05, 3.63) is 41.3 Å². The third-order valence-electron chi connectivity index (χ3n) is 6.43. The van der Waals surface area contributed by atoms with Crippen LogP contribution in [0.2, 0.25) is 0 Å². The SMILES string of the molecule is CC1CCC(C(=O)N(c2cc(-c3ccccc3)sc2C(=O)O)C2CC[N]CC2)CC1. The fourth-order valence-electron chi connectivity index (χ4n) is 4.65. The number of carboxylic acids is 1. The third kappa shape index (κ3) is 4.44. The molecule has 1 aromatic heterocycles. The van der Waals surface area contributed by atoms with Gasteiger partial charge in [-0.05, 0) is 56.1 Å². The quantitative estimate of drug-likeness (QED) is 0.729. The predicted molar refractivity (Wildman–Crippen MR) is 120 cm³/mol. The van der Waals surface area contributed by atoms with E-state index >= 15 is 0 Å². The maximum absolute atomic E-state index is 13.7.